The first-order valence-corrected chi connectivity index (χ1v) is 6.61. The molecule has 0 spiro atoms. The van der Waals surface area contributed by atoms with Gasteiger partial charge in [-0.1, -0.05) is 0 Å². The van der Waals surface area contributed by atoms with Crippen LogP contribution in [-0.4, -0.2) is 68.5 Å². The van der Waals surface area contributed by atoms with Gasteiger partial charge in [0.1, 0.15) is 5.78 Å². The summed E-state index contributed by atoms with van der Waals surface area (Å²) in [6.45, 7) is 5.47. The first-order chi connectivity index (χ1) is 8.63. The van der Waals surface area contributed by atoms with E-state index in [0.717, 1.165) is 25.9 Å². The van der Waals surface area contributed by atoms with Gasteiger partial charge in [0.25, 0.3) is 0 Å². The number of ketones is 1. The van der Waals surface area contributed by atoms with Crippen LogP contribution in [0.3, 0.4) is 0 Å². The Labute approximate surface area is 109 Å². The van der Waals surface area contributed by atoms with E-state index < -0.39 is 6.10 Å². The van der Waals surface area contributed by atoms with Crippen LogP contribution in [0.15, 0.2) is 0 Å². The summed E-state index contributed by atoms with van der Waals surface area (Å²) >= 11 is 0. The minimum absolute atomic E-state index is 0.219. The van der Waals surface area contributed by atoms with Gasteiger partial charge < -0.3 is 19.5 Å². The van der Waals surface area contributed by atoms with E-state index in [9.17, 15) is 9.90 Å². The maximum absolute atomic E-state index is 11.2. The third kappa shape index (κ3) is 5.91. The summed E-state index contributed by atoms with van der Waals surface area (Å²) < 4.78 is 10.1. The first kappa shape index (κ1) is 15.6. The zero-order chi connectivity index (χ0) is 13.4. The molecule has 1 fully saturated rings. The molecule has 1 N–H and O–H groups in total. The lowest BCUT2D eigenvalue weighted by molar-refractivity contribution is -0.122. The standard InChI is InChI=1S/C13H25NO4/c1-11(15)12-3-5-14(6-4-12)9-13(16)10-18-8-7-17-2/h12-13,16H,3-10H2,1-2H3. The molecule has 1 heterocycles. The number of piperidine rings is 1. The fraction of sp³-hybridized carbons (Fsp3) is 0.923. The van der Waals surface area contributed by atoms with Crippen LogP contribution in [0.2, 0.25) is 0 Å². The molecular formula is C13H25NO4. The third-order valence-corrected chi connectivity index (χ3v) is 3.37. The summed E-state index contributed by atoms with van der Waals surface area (Å²) in [4.78, 5) is 13.4. The van der Waals surface area contributed by atoms with Crippen molar-refractivity contribution in [1.82, 2.24) is 4.90 Å². The lowest BCUT2D eigenvalue weighted by Gasteiger charge is -2.32. The number of aliphatic hydroxyl groups is 1. The molecule has 1 rings (SSSR count). The molecule has 1 atom stereocenters. The van der Waals surface area contributed by atoms with Gasteiger partial charge in [0.05, 0.1) is 25.9 Å². The Balaban J connectivity index is 2.10. The molecule has 18 heavy (non-hydrogen) atoms. The second-order valence-electron chi connectivity index (χ2n) is 4.91. The molecule has 1 saturated heterocycles. The van der Waals surface area contributed by atoms with E-state index in [4.69, 9.17) is 9.47 Å². The molecule has 0 amide bonds. The molecule has 1 unspecified atom stereocenters. The van der Waals surface area contributed by atoms with Crippen LogP contribution >= 0.6 is 0 Å². The summed E-state index contributed by atoms with van der Waals surface area (Å²) in [6.07, 6.45) is 1.36. The highest BCUT2D eigenvalue weighted by Crippen LogP contribution is 2.17. The molecule has 5 nitrogen and oxygen atoms in total. The lowest BCUT2D eigenvalue weighted by Crippen LogP contribution is -2.41. The monoisotopic (exact) mass is 259 g/mol. The Hall–Kier alpha value is -0.490. The van der Waals surface area contributed by atoms with Gasteiger partial charge in [-0.05, 0) is 32.9 Å². The molecule has 0 aromatic rings. The van der Waals surface area contributed by atoms with Gasteiger partial charge in [-0.15, -0.1) is 0 Å². The fourth-order valence-corrected chi connectivity index (χ4v) is 2.23. The maximum atomic E-state index is 11.2. The number of hydrogen-bond acceptors (Lipinski definition) is 5. The second kappa shape index (κ2) is 8.58. The molecule has 106 valence electrons. The minimum atomic E-state index is -0.462. The number of Topliss-reactive ketones (excluding diaryl/α,β-unsaturated/α-hetero) is 1. The number of nitrogens with zero attached hydrogens (tertiary/aromatic N) is 1. The van der Waals surface area contributed by atoms with Crippen LogP contribution in [0.5, 0.6) is 0 Å². The lowest BCUT2D eigenvalue weighted by atomic mass is 9.93. The number of β-amino-alcohol motifs (C(OH)–C–C–N with tert-alkyl or cyclic N) is 1. The zero-order valence-electron chi connectivity index (χ0n) is 11.4. The smallest absolute Gasteiger partial charge is 0.133 e. The van der Waals surface area contributed by atoms with Gasteiger partial charge in [-0.3, -0.25) is 4.79 Å². The SMILES string of the molecule is COCCOCC(O)CN1CCC(C(C)=O)CC1. The Morgan fingerprint density at radius 3 is 2.61 bits per heavy atom. The normalized spacial score (nSPS) is 19.9. The summed E-state index contributed by atoms with van der Waals surface area (Å²) in [5, 5.41) is 9.80. The fourth-order valence-electron chi connectivity index (χ4n) is 2.23. The zero-order valence-corrected chi connectivity index (χ0v) is 11.4. The van der Waals surface area contributed by atoms with Gasteiger partial charge in [-0.25, -0.2) is 0 Å². The molecule has 0 bridgehead atoms. The van der Waals surface area contributed by atoms with Gasteiger partial charge in [0.2, 0.25) is 0 Å². The quantitative estimate of drug-likeness (QED) is 0.636. The van der Waals surface area contributed by atoms with E-state index in [-0.39, 0.29) is 11.7 Å². The van der Waals surface area contributed by atoms with Crippen molar-refractivity contribution in [1.29, 1.82) is 0 Å². The Morgan fingerprint density at radius 1 is 1.39 bits per heavy atom. The topological polar surface area (TPSA) is 59.0 Å². The average Bonchev–Trinajstić information content (AvgIpc) is 2.35. The predicted octanol–water partition coefficient (Wildman–Crippen LogP) is 0.311. The van der Waals surface area contributed by atoms with Crippen LogP contribution in [0.4, 0.5) is 0 Å². The van der Waals surface area contributed by atoms with Crippen LogP contribution in [0, 0.1) is 5.92 Å². The van der Waals surface area contributed by atoms with E-state index in [2.05, 4.69) is 4.90 Å². The second-order valence-corrected chi connectivity index (χ2v) is 4.91. The summed E-state index contributed by atoms with van der Waals surface area (Å²) in [5.74, 6) is 0.509. The van der Waals surface area contributed by atoms with E-state index >= 15 is 0 Å². The Morgan fingerprint density at radius 2 is 2.06 bits per heavy atom. The summed E-state index contributed by atoms with van der Waals surface area (Å²) in [5.41, 5.74) is 0. The van der Waals surface area contributed by atoms with E-state index in [0.29, 0.717) is 26.4 Å². The number of ether oxygens (including phenoxy) is 2. The highest BCUT2D eigenvalue weighted by atomic mass is 16.5. The maximum Gasteiger partial charge on any atom is 0.133 e. The largest absolute Gasteiger partial charge is 0.389 e. The van der Waals surface area contributed by atoms with Crippen molar-refractivity contribution in [3.05, 3.63) is 0 Å². The molecule has 0 aromatic carbocycles. The van der Waals surface area contributed by atoms with Crippen molar-refractivity contribution in [3.8, 4) is 0 Å². The van der Waals surface area contributed by atoms with Crippen LogP contribution in [0.1, 0.15) is 19.8 Å². The minimum Gasteiger partial charge on any atom is -0.389 e. The number of methoxy groups -OCH3 is 1. The first-order valence-electron chi connectivity index (χ1n) is 6.61. The predicted molar refractivity (Wildman–Crippen MR) is 68.5 cm³/mol. The van der Waals surface area contributed by atoms with Crippen molar-refractivity contribution in [2.45, 2.75) is 25.9 Å². The van der Waals surface area contributed by atoms with Crippen LogP contribution in [0.25, 0.3) is 0 Å². The van der Waals surface area contributed by atoms with Gasteiger partial charge >= 0.3 is 0 Å². The van der Waals surface area contributed by atoms with Crippen LogP contribution in [-0.2, 0) is 14.3 Å². The van der Waals surface area contributed by atoms with E-state index in [1.165, 1.54) is 0 Å². The summed E-state index contributed by atoms with van der Waals surface area (Å²) in [6, 6.07) is 0. The van der Waals surface area contributed by atoms with Crippen LogP contribution < -0.4 is 0 Å². The molecule has 0 saturated carbocycles. The van der Waals surface area contributed by atoms with Crippen molar-refractivity contribution in [3.63, 3.8) is 0 Å². The van der Waals surface area contributed by atoms with Crippen molar-refractivity contribution in [2.24, 2.45) is 5.92 Å². The van der Waals surface area contributed by atoms with Crippen molar-refractivity contribution in [2.75, 3.05) is 46.6 Å². The van der Waals surface area contributed by atoms with Gasteiger partial charge in [-0.2, -0.15) is 0 Å². The number of hydrogen-bond donors (Lipinski definition) is 1. The Kier molecular flexibility index (Phi) is 7.42. The molecule has 1 aliphatic heterocycles. The third-order valence-electron chi connectivity index (χ3n) is 3.37. The average molecular weight is 259 g/mol. The molecule has 0 aliphatic carbocycles. The van der Waals surface area contributed by atoms with Crippen molar-refractivity contribution >= 4 is 5.78 Å². The van der Waals surface area contributed by atoms with Crippen molar-refractivity contribution < 1.29 is 19.4 Å². The molecule has 5 heteroatoms. The van der Waals surface area contributed by atoms with E-state index in [1.54, 1.807) is 14.0 Å². The molecular weight excluding hydrogens is 234 g/mol. The highest BCUT2D eigenvalue weighted by molar-refractivity contribution is 5.78. The number of aliphatic hydroxyl groups excluding tert-OH is 1. The molecule has 0 aromatic heterocycles. The summed E-state index contributed by atoms with van der Waals surface area (Å²) in [7, 11) is 1.62. The number of carbonyl (C=O) groups is 1. The molecule has 0 radical (unpaired) electrons. The highest BCUT2D eigenvalue weighted by Gasteiger charge is 2.23. The Bertz CT molecular complexity index is 239. The number of rotatable bonds is 8. The number of likely N-dealkylation sites (tertiary alicyclic amines) is 1. The van der Waals surface area contributed by atoms with Gasteiger partial charge in [0, 0.05) is 19.6 Å². The van der Waals surface area contributed by atoms with E-state index in [1.807, 2.05) is 0 Å². The number of carbonyl (C=O) groups excluding carboxylic acids is 1. The van der Waals surface area contributed by atoms with Gasteiger partial charge in [0.15, 0.2) is 0 Å². The molecule has 1 aliphatic rings.